The highest BCUT2D eigenvalue weighted by molar-refractivity contribution is 7.99. The summed E-state index contributed by atoms with van der Waals surface area (Å²) >= 11 is 13.7. The first kappa shape index (κ1) is 15.4. The molecule has 0 radical (unpaired) electrons. The number of halogens is 2. The lowest BCUT2D eigenvalue weighted by molar-refractivity contribution is -0.384. The molecule has 0 aliphatic carbocycles. The van der Waals surface area contributed by atoms with Gasteiger partial charge in [-0.2, -0.15) is 11.8 Å². The molecular weight excluding hydrogens is 323 g/mol. The van der Waals surface area contributed by atoms with Gasteiger partial charge < -0.3 is 4.90 Å². The highest BCUT2D eigenvalue weighted by Gasteiger charge is 2.26. The summed E-state index contributed by atoms with van der Waals surface area (Å²) in [6.07, 6.45) is 0. The van der Waals surface area contributed by atoms with Gasteiger partial charge in [-0.15, -0.1) is 0 Å². The van der Waals surface area contributed by atoms with Crippen molar-refractivity contribution in [2.75, 3.05) is 18.8 Å². The Bertz CT molecular complexity index is 568. The normalized spacial score (nSPS) is 18.9. The number of thioether (sulfide) groups is 1. The highest BCUT2D eigenvalue weighted by Crippen LogP contribution is 2.32. The number of amides is 1. The molecular formula is C12H12Cl2N2O3S. The molecule has 8 heteroatoms. The van der Waals surface area contributed by atoms with Crippen molar-refractivity contribution in [2.24, 2.45) is 0 Å². The van der Waals surface area contributed by atoms with Gasteiger partial charge in [-0.1, -0.05) is 30.1 Å². The van der Waals surface area contributed by atoms with E-state index in [-0.39, 0.29) is 27.2 Å². The van der Waals surface area contributed by atoms with E-state index in [4.69, 9.17) is 23.2 Å². The van der Waals surface area contributed by atoms with Crippen LogP contribution in [0.15, 0.2) is 12.1 Å². The number of carbonyl (C=O) groups is 1. The Balaban J connectivity index is 2.35. The second-order valence-corrected chi connectivity index (χ2v) is 6.81. The molecule has 1 atom stereocenters. The molecule has 5 nitrogen and oxygen atoms in total. The van der Waals surface area contributed by atoms with Gasteiger partial charge in [0.05, 0.1) is 20.5 Å². The Morgan fingerprint density at radius 1 is 1.50 bits per heavy atom. The van der Waals surface area contributed by atoms with Gasteiger partial charge in [-0.05, 0) is 0 Å². The van der Waals surface area contributed by atoms with Gasteiger partial charge in [0, 0.05) is 36.2 Å². The van der Waals surface area contributed by atoms with Crippen molar-refractivity contribution in [3.05, 3.63) is 37.9 Å². The van der Waals surface area contributed by atoms with Gasteiger partial charge in [0.15, 0.2) is 0 Å². The maximum Gasteiger partial charge on any atom is 0.271 e. The quantitative estimate of drug-likeness (QED) is 0.613. The summed E-state index contributed by atoms with van der Waals surface area (Å²) in [5.74, 6) is 0.528. The van der Waals surface area contributed by atoms with Crippen LogP contribution >= 0.6 is 35.0 Å². The molecule has 0 spiro atoms. The number of hydrogen-bond acceptors (Lipinski definition) is 4. The Hall–Kier alpha value is -0.980. The molecule has 0 N–H and O–H groups in total. The second kappa shape index (κ2) is 6.20. The fraction of sp³-hybridized carbons (Fsp3) is 0.417. The van der Waals surface area contributed by atoms with Crippen molar-refractivity contribution in [3.8, 4) is 0 Å². The molecule has 0 aromatic heterocycles. The Morgan fingerprint density at radius 3 is 2.80 bits per heavy atom. The SMILES string of the molecule is CC1CN(C(=O)c2cc([N+](=O)[O-])cc(Cl)c2Cl)CCS1. The predicted molar refractivity (Wildman–Crippen MR) is 80.9 cm³/mol. The van der Waals surface area contributed by atoms with E-state index < -0.39 is 4.92 Å². The van der Waals surface area contributed by atoms with E-state index in [0.717, 1.165) is 11.8 Å². The topological polar surface area (TPSA) is 63.5 Å². The molecule has 1 heterocycles. The third-order valence-electron chi connectivity index (χ3n) is 2.98. The smallest absolute Gasteiger partial charge is 0.271 e. The summed E-state index contributed by atoms with van der Waals surface area (Å²) in [7, 11) is 0. The van der Waals surface area contributed by atoms with E-state index in [1.807, 2.05) is 6.92 Å². The third kappa shape index (κ3) is 3.19. The van der Waals surface area contributed by atoms with Crippen molar-refractivity contribution in [1.29, 1.82) is 0 Å². The van der Waals surface area contributed by atoms with Crippen LogP contribution in [-0.4, -0.2) is 39.8 Å². The lowest BCUT2D eigenvalue weighted by Gasteiger charge is -2.30. The number of nitro groups is 1. The minimum Gasteiger partial charge on any atom is -0.337 e. The number of hydrogen-bond donors (Lipinski definition) is 0. The Kier molecular flexibility index (Phi) is 4.78. The summed E-state index contributed by atoms with van der Waals surface area (Å²) in [6.45, 7) is 3.23. The minimum absolute atomic E-state index is 0.0173. The van der Waals surface area contributed by atoms with Crippen LogP contribution in [0.3, 0.4) is 0 Å². The average molecular weight is 335 g/mol. The van der Waals surface area contributed by atoms with Gasteiger partial charge >= 0.3 is 0 Å². The summed E-state index contributed by atoms with van der Waals surface area (Å²) in [4.78, 5) is 24.4. The number of non-ortho nitro benzene ring substituents is 1. The van der Waals surface area contributed by atoms with E-state index in [0.29, 0.717) is 18.3 Å². The fourth-order valence-electron chi connectivity index (χ4n) is 2.01. The molecule has 108 valence electrons. The number of nitro benzene ring substituents is 1. The van der Waals surface area contributed by atoms with Crippen molar-refractivity contribution in [2.45, 2.75) is 12.2 Å². The first-order valence-corrected chi connectivity index (χ1v) is 7.75. The molecule has 1 amide bonds. The van der Waals surface area contributed by atoms with Crippen LogP contribution in [0.4, 0.5) is 5.69 Å². The summed E-state index contributed by atoms with van der Waals surface area (Å²) in [5, 5.41) is 11.3. The number of benzene rings is 1. The van der Waals surface area contributed by atoms with Gasteiger partial charge in [0.1, 0.15) is 0 Å². The van der Waals surface area contributed by atoms with Crippen LogP contribution in [0.1, 0.15) is 17.3 Å². The van der Waals surface area contributed by atoms with Crippen LogP contribution in [0.25, 0.3) is 0 Å². The largest absolute Gasteiger partial charge is 0.337 e. The van der Waals surface area contributed by atoms with E-state index in [9.17, 15) is 14.9 Å². The molecule has 1 aliphatic rings. The van der Waals surface area contributed by atoms with Gasteiger partial charge in [-0.25, -0.2) is 0 Å². The zero-order valence-electron chi connectivity index (χ0n) is 10.6. The predicted octanol–water partition coefficient (Wildman–Crippen LogP) is 3.48. The second-order valence-electron chi connectivity index (χ2n) is 4.48. The van der Waals surface area contributed by atoms with Gasteiger partial charge in [-0.3, -0.25) is 14.9 Å². The van der Waals surface area contributed by atoms with E-state index in [1.54, 1.807) is 16.7 Å². The van der Waals surface area contributed by atoms with Crippen LogP contribution in [0.5, 0.6) is 0 Å². The molecule has 1 aromatic rings. The molecule has 0 saturated carbocycles. The Morgan fingerprint density at radius 2 is 2.20 bits per heavy atom. The molecule has 1 aliphatic heterocycles. The first-order chi connectivity index (χ1) is 9.40. The average Bonchev–Trinajstić information content (AvgIpc) is 2.40. The third-order valence-corrected chi connectivity index (χ3v) is 4.92. The maximum absolute atomic E-state index is 12.4. The van der Waals surface area contributed by atoms with Crippen LogP contribution in [0, 0.1) is 10.1 Å². The molecule has 1 saturated heterocycles. The first-order valence-electron chi connectivity index (χ1n) is 5.94. The number of carbonyl (C=O) groups excluding carboxylic acids is 1. The number of rotatable bonds is 2. The minimum atomic E-state index is -0.590. The van der Waals surface area contributed by atoms with Gasteiger partial charge in [0.25, 0.3) is 11.6 Å². The fourth-order valence-corrected chi connectivity index (χ4v) is 3.43. The molecule has 2 rings (SSSR count). The highest BCUT2D eigenvalue weighted by atomic mass is 35.5. The van der Waals surface area contributed by atoms with Crippen molar-refractivity contribution < 1.29 is 9.72 Å². The number of nitrogens with zero attached hydrogens (tertiary/aromatic N) is 2. The van der Waals surface area contributed by atoms with E-state index in [2.05, 4.69) is 0 Å². The lowest BCUT2D eigenvalue weighted by atomic mass is 10.1. The van der Waals surface area contributed by atoms with Crippen LogP contribution < -0.4 is 0 Å². The monoisotopic (exact) mass is 334 g/mol. The molecule has 0 bridgehead atoms. The molecule has 1 fully saturated rings. The molecule has 1 aromatic carbocycles. The standard InChI is InChI=1S/C12H12Cl2N2O3S/c1-7-6-15(2-3-20-7)12(17)9-4-8(16(18)19)5-10(13)11(9)14/h4-5,7H,2-3,6H2,1H3. The summed E-state index contributed by atoms with van der Waals surface area (Å²) in [6, 6.07) is 2.33. The Labute approximate surface area is 130 Å². The van der Waals surface area contributed by atoms with Crippen LogP contribution in [0.2, 0.25) is 10.0 Å². The molecule has 20 heavy (non-hydrogen) atoms. The summed E-state index contributed by atoms with van der Waals surface area (Å²) < 4.78 is 0. The molecule has 1 unspecified atom stereocenters. The maximum atomic E-state index is 12.4. The van der Waals surface area contributed by atoms with E-state index >= 15 is 0 Å². The lowest BCUT2D eigenvalue weighted by Crippen LogP contribution is -2.41. The zero-order valence-corrected chi connectivity index (χ0v) is 13.0. The van der Waals surface area contributed by atoms with Crippen molar-refractivity contribution in [3.63, 3.8) is 0 Å². The van der Waals surface area contributed by atoms with E-state index in [1.165, 1.54) is 6.07 Å². The summed E-state index contributed by atoms with van der Waals surface area (Å²) in [5.41, 5.74) is -0.146. The van der Waals surface area contributed by atoms with Crippen molar-refractivity contribution >= 4 is 46.6 Å². The zero-order chi connectivity index (χ0) is 14.9. The van der Waals surface area contributed by atoms with Crippen LogP contribution in [-0.2, 0) is 0 Å². The van der Waals surface area contributed by atoms with Crippen molar-refractivity contribution in [1.82, 2.24) is 4.90 Å². The van der Waals surface area contributed by atoms with Gasteiger partial charge in [0.2, 0.25) is 0 Å².